The van der Waals surface area contributed by atoms with Crippen molar-refractivity contribution in [2.24, 2.45) is 0 Å². The molecule has 0 fully saturated rings. The van der Waals surface area contributed by atoms with E-state index in [-0.39, 0.29) is 12.5 Å². The highest BCUT2D eigenvalue weighted by Gasteiger charge is 2.13. The van der Waals surface area contributed by atoms with Crippen LogP contribution in [0.4, 0.5) is 11.4 Å². The summed E-state index contributed by atoms with van der Waals surface area (Å²) in [5.74, 6) is 2.26. The fourth-order valence-electron chi connectivity index (χ4n) is 2.46. The van der Waals surface area contributed by atoms with Crippen LogP contribution in [0.15, 0.2) is 36.4 Å². The van der Waals surface area contributed by atoms with Crippen LogP contribution in [0.1, 0.15) is 0 Å². The minimum absolute atomic E-state index is 0.157. The Morgan fingerprint density at radius 1 is 0.885 bits per heavy atom. The summed E-state index contributed by atoms with van der Waals surface area (Å²) in [5.41, 5.74) is 1.42. The highest BCUT2D eigenvalue weighted by Crippen LogP contribution is 2.31. The third-order valence-corrected chi connectivity index (χ3v) is 3.87. The van der Waals surface area contributed by atoms with Gasteiger partial charge in [0.2, 0.25) is 5.91 Å². The molecule has 26 heavy (non-hydrogen) atoms. The van der Waals surface area contributed by atoms with E-state index in [0.29, 0.717) is 28.7 Å². The molecule has 0 aromatic heterocycles. The molecule has 0 saturated carbocycles. The Morgan fingerprint density at radius 2 is 1.58 bits per heavy atom. The molecule has 0 aliphatic heterocycles. The Morgan fingerprint density at radius 3 is 2.19 bits per heavy atom. The molecule has 2 rings (SSSR count). The van der Waals surface area contributed by atoms with Crippen LogP contribution in [-0.4, -0.2) is 47.9 Å². The van der Waals surface area contributed by atoms with Gasteiger partial charge in [0.25, 0.3) is 0 Å². The molecule has 2 aromatic carbocycles. The van der Waals surface area contributed by atoms with Crippen LogP contribution >= 0.6 is 0 Å². The lowest BCUT2D eigenvalue weighted by atomic mass is 10.2. The topological polar surface area (TPSA) is 69.3 Å². The smallest absolute Gasteiger partial charge is 0.243 e. The molecule has 7 heteroatoms. The van der Waals surface area contributed by atoms with Crippen molar-refractivity contribution in [1.29, 1.82) is 0 Å². The first-order valence-electron chi connectivity index (χ1n) is 7.97. The van der Waals surface area contributed by atoms with Gasteiger partial charge in [0.1, 0.15) is 11.5 Å². The van der Waals surface area contributed by atoms with Crippen molar-refractivity contribution in [1.82, 2.24) is 0 Å². The fourth-order valence-corrected chi connectivity index (χ4v) is 2.46. The molecule has 1 amide bonds. The lowest BCUT2D eigenvalue weighted by Gasteiger charge is -2.20. The van der Waals surface area contributed by atoms with Gasteiger partial charge in [-0.3, -0.25) is 4.79 Å². The molecule has 7 nitrogen and oxygen atoms in total. The lowest BCUT2D eigenvalue weighted by molar-refractivity contribution is -0.114. The number of ether oxygens (including phenoxy) is 4. The molecular formula is C19H24N2O5. The van der Waals surface area contributed by atoms with E-state index in [1.54, 1.807) is 52.7 Å². The molecule has 1 N–H and O–H groups in total. The van der Waals surface area contributed by atoms with Crippen molar-refractivity contribution in [3.63, 3.8) is 0 Å². The summed E-state index contributed by atoms with van der Waals surface area (Å²) in [4.78, 5) is 14.2. The number of hydrogen-bond donors (Lipinski definition) is 1. The molecule has 0 aliphatic carbocycles. The predicted octanol–water partition coefficient (Wildman–Crippen LogP) is 2.80. The van der Waals surface area contributed by atoms with Crippen LogP contribution in [0.3, 0.4) is 0 Å². The van der Waals surface area contributed by atoms with Gasteiger partial charge in [0.15, 0.2) is 11.5 Å². The van der Waals surface area contributed by atoms with E-state index < -0.39 is 0 Å². The Balaban J connectivity index is 2.08. The van der Waals surface area contributed by atoms with E-state index in [1.165, 1.54) is 0 Å². The second-order valence-corrected chi connectivity index (χ2v) is 5.51. The highest BCUT2D eigenvalue weighted by molar-refractivity contribution is 5.95. The Bertz CT molecular complexity index is 764. The SMILES string of the molecule is COc1ccc(NC(=O)CN(C)c2ccc(OC)c(OC)c2)c(OC)c1. The van der Waals surface area contributed by atoms with Crippen LogP contribution in [0, 0.1) is 0 Å². The first-order chi connectivity index (χ1) is 12.5. The van der Waals surface area contributed by atoms with Crippen molar-refractivity contribution in [3.8, 4) is 23.0 Å². The predicted molar refractivity (Wildman–Crippen MR) is 101 cm³/mol. The molecule has 0 aliphatic rings. The standard InChI is InChI=1S/C19H24N2O5/c1-21(13-6-9-16(24-3)18(10-13)26-5)12-19(22)20-15-8-7-14(23-2)11-17(15)25-4/h6-11H,12H2,1-5H3,(H,20,22). The lowest BCUT2D eigenvalue weighted by Crippen LogP contribution is -2.30. The first-order valence-corrected chi connectivity index (χ1v) is 7.97. The van der Waals surface area contributed by atoms with Gasteiger partial charge in [0, 0.05) is 24.9 Å². The van der Waals surface area contributed by atoms with Crippen molar-refractivity contribution < 1.29 is 23.7 Å². The van der Waals surface area contributed by atoms with Crippen molar-refractivity contribution in [2.75, 3.05) is 52.2 Å². The molecule has 2 aromatic rings. The number of rotatable bonds is 8. The average molecular weight is 360 g/mol. The van der Waals surface area contributed by atoms with Gasteiger partial charge >= 0.3 is 0 Å². The van der Waals surface area contributed by atoms with Gasteiger partial charge in [-0.2, -0.15) is 0 Å². The molecule has 0 atom stereocenters. The van der Waals surface area contributed by atoms with Crippen molar-refractivity contribution in [2.45, 2.75) is 0 Å². The van der Waals surface area contributed by atoms with Gasteiger partial charge < -0.3 is 29.2 Å². The molecule has 0 radical (unpaired) electrons. The maximum absolute atomic E-state index is 12.4. The van der Waals surface area contributed by atoms with E-state index in [4.69, 9.17) is 18.9 Å². The minimum Gasteiger partial charge on any atom is -0.497 e. The normalized spacial score (nSPS) is 10.0. The van der Waals surface area contributed by atoms with Crippen LogP contribution in [0.25, 0.3) is 0 Å². The van der Waals surface area contributed by atoms with Gasteiger partial charge in [-0.15, -0.1) is 0 Å². The summed E-state index contributed by atoms with van der Waals surface area (Å²) in [6.07, 6.45) is 0. The van der Waals surface area contributed by atoms with E-state index in [1.807, 2.05) is 24.1 Å². The number of methoxy groups -OCH3 is 4. The van der Waals surface area contributed by atoms with E-state index in [0.717, 1.165) is 5.69 Å². The monoisotopic (exact) mass is 360 g/mol. The van der Waals surface area contributed by atoms with Gasteiger partial charge in [-0.05, 0) is 24.3 Å². The highest BCUT2D eigenvalue weighted by atomic mass is 16.5. The number of nitrogens with one attached hydrogen (secondary N) is 1. The summed E-state index contributed by atoms with van der Waals surface area (Å²) < 4.78 is 21.0. The number of amides is 1. The Hall–Kier alpha value is -3.09. The number of benzene rings is 2. The molecule has 140 valence electrons. The second-order valence-electron chi connectivity index (χ2n) is 5.51. The van der Waals surface area contributed by atoms with Crippen LogP contribution < -0.4 is 29.2 Å². The number of nitrogens with zero attached hydrogens (tertiary/aromatic N) is 1. The summed E-state index contributed by atoms with van der Waals surface area (Å²) >= 11 is 0. The maximum atomic E-state index is 12.4. The van der Waals surface area contributed by atoms with E-state index in [2.05, 4.69) is 5.32 Å². The van der Waals surface area contributed by atoms with Crippen LogP contribution in [0.2, 0.25) is 0 Å². The second kappa shape index (κ2) is 8.84. The zero-order chi connectivity index (χ0) is 19.1. The third kappa shape index (κ3) is 4.50. The van der Waals surface area contributed by atoms with Crippen molar-refractivity contribution >= 4 is 17.3 Å². The van der Waals surface area contributed by atoms with Crippen molar-refractivity contribution in [3.05, 3.63) is 36.4 Å². The zero-order valence-corrected chi connectivity index (χ0v) is 15.7. The number of carbonyl (C=O) groups is 1. The third-order valence-electron chi connectivity index (χ3n) is 3.87. The summed E-state index contributed by atoms with van der Waals surface area (Å²) in [6.45, 7) is 0.157. The quantitative estimate of drug-likeness (QED) is 0.781. The van der Waals surface area contributed by atoms with Gasteiger partial charge in [-0.25, -0.2) is 0 Å². The fraction of sp³-hybridized carbons (Fsp3) is 0.316. The molecular weight excluding hydrogens is 336 g/mol. The van der Waals surface area contributed by atoms with E-state index in [9.17, 15) is 4.79 Å². The zero-order valence-electron chi connectivity index (χ0n) is 15.7. The van der Waals surface area contributed by atoms with Gasteiger partial charge in [-0.1, -0.05) is 0 Å². The van der Waals surface area contributed by atoms with Gasteiger partial charge in [0.05, 0.1) is 40.7 Å². The van der Waals surface area contributed by atoms with E-state index >= 15 is 0 Å². The number of likely N-dealkylation sites (N-methyl/N-ethyl adjacent to an activating group) is 1. The Kier molecular flexibility index (Phi) is 6.54. The molecule has 0 saturated heterocycles. The first kappa shape index (κ1) is 19.2. The minimum atomic E-state index is -0.175. The van der Waals surface area contributed by atoms with Crippen LogP contribution in [0.5, 0.6) is 23.0 Å². The number of anilines is 2. The largest absolute Gasteiger partial charge is 0.497 e. The summed E-state index contributed by atoms with van der Waals surface area (Å²) in [5, 5.41) is 2.85. The number of hydrogen-bond acceptors (Lipinski definition) is 6. The summed E-state index contributed by atoms with van der Waals surface area (Å²) in [6, 6.07) is 10.7. The maximum Gasteiger partial charge on any atom is 0.243 e. The molecule has 0 unspecified atom stereocenters. The Labute approximate surface area is 153 Å². The summed E-state index contributed by atoms with van der Waals surface area (Å²) in [7, 11) is 8.10. The molecule has 0 heterocycles. The number of carbonyl (C=O) groups excluding carboxylic acids is 1. The molecule has 0 spiro atoms. The molecule has 0 bridgehead atoms. The average Bonchev–Trinajstić information content (AvgIpc) is 2.67. The van der Waals surface area contributed by atoms with Crippen LogP contribution in [-0.2, 0) is 4.79 Å².